The molecular formula is C15H22O2. The van der Waals surface area contributed by atoms with E-state index in [0.717, 1.165) is 12.0 Å². The van der Waals surface area contributed by atoms with Crippen molar-refractivity contribution < 1.29 is 9.84 Å². The van der Waals surface area contributed by atoms with Crippen LogP contribution in [0.3, 0.4) is 0 Å². The molecule has 0 heterocycles. The second-order valence-corrected chi connectivity index (χ2v) is 4.85. The van der Waals surface area contributed by atoms with E-state index in [-0.39, 0.29) is 6.10 Å². The van der Waals surface area contributed by atoms with Gasteiger partial charge in [0, 0.05) is 5.56 Å². The zero-order valence-electron chi connectivity index (χ0n) is 10.6. The van der Waals surface area contributed by atoms with Gasteiger partial charge in [-0.25, -0.2) is 0 Å². The molecule has 1 atom stereocenters. The lowest BCUT2D eigenvalue weighted by molar-refractivity contribution is -0.0339. The average Bonchev–Trinajstić information content (AvgIpc) is 2.38. The molecule has 0 aliphatic heterocycles. The summed E-state index contributed by atoms with van der Waals surface area (Å²) in [6.45, 7) is 2.11. The van der Waals surface area contributed by atoms with Crippen LogP contribution in [0.5, 0.6) is 5.75 Å². The zero-order chi connectivity index (χ0) is 12.1. The molecule has 1 aliphatic carbocycles. The standard InChI is InChI=1S/C15H22O2/c1-2-15(13-10-6-7-11-14(13)16)17-12-8-4-3-5-9-12/h6-7,10-12,15-16H,2-5,8-9H2,1H3. The van der Waals surface area contributed by atoms with Crippen molar-refractivity contribution in [1.82, 2.24) is 0 Å². The van der Waals surface area contributed by atoms with E-state index in [1.54, 1.807) is 6.07 Å². The van der Waals surface area contributed by atoms with Gasteiger partial charge in [0.2, 0.25) is 0 Å². The molecule has 2 nitrogen and oxygen atoms in total. The fourth-order valence-electron chi connectivity index (χ4n) is 2.58. The molecule has 1 aromatic carbocycles. The third-order valence-electron chi connectivity index (χ3n) is 3.56. The molecular weight excluding hydrogens is 212 g/mol. The van der Waals surface area contributed by atoms with Gasteiger partial charge in [0.1, 0.15) is 5.75 Å². The first-order valence-corrected chi connectivity index (χ1v) is 6.74. The summed E-state index contributed by atoms with van der Waals surface area (Å²) in [4.78, 5) is 0. The third kappa shape index (κ3) is 3.22. The zero-order valence-corrected chi connectivity index (χ0v) is 10.6. The van der Waals surface area contributed by atoms with Crippen LogP contribution in [0.25, 0.3) is 0 Å². The van der Waals surface area contributed by atoms with Gasteiger partial charge in [-0.1, -0.05) is 44.4 Å². The van der Waals surface area contributed by atoms with Crippen molar-refractivity contribution in [1.29, 1.82) is 0 Å². The molecule has 17 heavy (non-hydrogen) atoms. The molecule has 2 heteroatoms. The van der Waals surface area contributed by atoms with E-state index in [1.807, 2.05) is 18.2 Å². The molecule has 0 saturated heterocycles. The predicted octanol–water partition coefficient (Wildman–Crippen LogP) is 4.19. The van der Waals surface area contributed by atoms with Gasteiger partial charge in [0.05, 0.1) is 12.2 Å². The SMILES string of the molecule is CCC(OC1CCCCC1)c1ccccc1O. The first-order valence-electron chi connectivity index (χ1n) is 6.74. The summed E-state index contributed by atoms with van der Waals surface area (Å²) in [6, 6.07) is 7.52. The number of para-hydroxylation sites is 1. The summed E-state index contributed by atoms with van der Waals surface area (Å²) in [5, 5.41) is 9.86. The van der Waals surface area contributed by atoms with Crippen LogP contribution in [0.15, 0.2) is 24.3 Å². The number of phenolic OH excluding ortho intramolecular Hbond substituents is 1. The van der Waals surface area contributed by atoms with Crippen molar-refractivity contribution in [3.05, 3.63) is 29.8 Å². The maximum absolute atomic E-state index is 9.86. The molecule has 0 aromatic heterocycles. The van der Waals surface area contributed by atoms with E-state index < -0.39 is 0 Å². The fourth-order valence-corrected chi connectivity index (χ4v) is 2.58. The van der Waals surface area contributed by atoms with E-state index >= 15 is 0 Å². The van der Waals surface area contributed by atoms with Crippen molar-refractivity contribution in [2.75, 3.05) is 0 Å². The number of aromatic hydroxyl groups is 1. The highest BCUT2D eigenvalue weighted by Gasteiger charge is 2.20. The highest BCUT2D eigenvalue weighted by atomic mass is 16.5. The van der Waals surface area contributed by atoms with Crippen LogP contribution in [-0.2, 0) is 4.74 Å². The van der Waals surface area contributed by atoms with Gasteiger partial charge in [-0.05, 0) is 25.3 Å². The molecule has 0 amide bonds. The maximum atomic E-state index is 9.86. The van der Waals surface area contributed by atoms with E-state index in [1.165, 1.54) is 32.1 Å². The van der Waals surface area contributed by atoms with Crippen LogP contribution in [0.1, 0.15) is 57.1 Å². The number of rotatable bonds is 4. The summed E-state index contributed by atoms with van der Waals surface area (Å²) in [7, 11) is 0. The van der Waals surface area contributed by atoms with Gasteiger partial charge in [0.15, 0.2) is 0 Å². The second-order valence-electron chi connectivity index (χ2n) is 4.85. The van der Waals surface area contributed by atoms with E-state index in [0.29, 0.717) is 11.9 Å². The van der Waals surface area contributed by atoms with Gasteiger partial charge in [-0.2, -0.15) is 0 Å². The lowest BCUT2D eigenvalue weighted by Crippen LogP contribution is -2.19. The molecule has 1 unspecified atom stereocenters. The van der Waals surface area contributed by atoms with Crippen LogP contribution in [0.2, 0.25) is 0 Å². The normalized spacial score (nSPS) is 19.1. The molecule has 1 aromatic rings. The lowest BCUT2D eigenvalue weighted by atomic mass is 9.97. The summed E-state index contributed by atoms with van der Waals surface area (Å²) in [5.41, 5.74) is 0.931. The monoisotopic (exact) mass is 234 g/mol. The van der Waals surface area contributed by atoms with Crippen molar-refractivity contribution >= 4 is 0 Å². The van der Waals surface area contributed by atoms with Crippen LogP contribution < -0.4 is 0 Å². The molecule has 1 fully saturated rings. The van der Waals surface area contributed by atoms with Crippen molar-refractivity contribution in [3.8, 4) is 5.75 Å². The minimum atomic E-state index is 0.0410. The van der Waals surface area contributed by atoms with Gasteiger partial charge in [0.25, 0.3) is 0 Å². The third-order valence-corrected chi connectivity index (χ3v) is 3.56. The summed E-state index contributed by atoms with van der Waals surface area (Å²) in [5.74, 6) is 0.357. The van der Waals surface area contributed by atoms with Gasteiger partial charge in [-0.3, -0.25) is 0 Å². The Labute approximate surface area is 104 Å². The molecule has 1 N–H and O–H groups in total. The molecule has 2 rings (SSSR count). The minimum absolute atomic E-state index is 0.0410. The first-order chi connectivity index (χ1) is 8.31. The van der Waals surface area contributed by atoms with E-state index in [4.69, 9.17) is 4.74 Å². The summed E-state index contributed by atoms with van der Waals surface area (Å²) >= 11 is 0. The molecule has 0 bridgehead atoms. The second kappa shape index (κ2) is 6.06. The Bertz CT molecular complexity index is 343. The Morgan fingerprint density at radius 1 is 1.24 bits per heavy atom. The number of hydrogen-bond acceptors (Lipinski definition) is 2. The molecule has 0 spiro atoms. The van der Waals surface area contributed by atoms with Crippen LogP contribution >= 0.6 is 0 Å². The Hall–Kier alpha value is -1.02. The Morgan fingerprint density at radius 2 is 1.94 bits per heavy atom. The summed E-state index contributed by atoms with van der Waals surface area (Å²) in [6.07, 6.45) is 7.58. The number of benzene rings is 1. The van der Waals surface area contributed by atoms with Crippen LogP contribution in [0, 0.1) is 0 Å². The highest BCUT2D eigenvalue weighted by molar-refractivity contribution is 5.33. The highest BCUT2D eigenvalue weighted by Crippen LogP contribution is 2.32. The molecule has 1 aliphatic rings. The van der Waals surface area contributed by atoms with Gasteiger partial charge in [-0.15, -0.1) is 0 Å². The van der Waals surface area contributed by atoms with Crippen molar-refractivity contribution in [2.24, 2.45) is 0 Å². The first kappa shape index (κ1) is 12.4. The Balaban J connectivity index is 2.03. The van der Waals surface area contributed by atoms with Crippen LogP contribution in [0.4, 0.5) is 0 Å². The number of ether oxygens (including phenoxy) is 1. The van der Waals surface area contributed by atoms with Gasteiger partial charge >= 0.3 is 0 Å². The Kier molecular flexibility index (Phi) is 4.43. The predicted molar refractivity (Wildman–Crippen MR) is 69.1 cm³/mol. The Morgan fingerprint density at radius 3 is 2.59 bits per heavy atom. The van der Waals surface area contributed by atoms with Gasteiger partial charge < -0.3 is 9.84 Å². The fraction of sp³-hybridized carbons (Fsp3) is 0.600. The molecule has 94 valence electrons. The van der Waals surface area contributed by atoms with Crippen molar-refractivity contribution in [3.63, 3.8) is 0 Å². The quantitative estimate of drug-likeness (QED) is 0.846. The largest absolute Gasteiger partial charge is 0.508 e. The molecule has 1 saturated carbocycles. The van der Waals surface area contributed by atoms with E-state index in [2.05, 4.69) is 6.92 Å². The number of hydrogen-bond donors (Lipinski definition) is 1. The lowest BCUT2D eigenvalue weighted by Gasteiger charge is -2.27. The maximum Gasteiger partial charge on any atom is 0.121 e. The molecule has 0 radical (unpaired) electrons. The minimum Gasteiger partial charge on any atom is -0.508 e. The average molecular weight is 234 g/mol. The van der Waals surface area contributed by atoms with Crippen LogP contribution in [-0.4, -0.2) is 11.2 Å². The summed E-state index contributed by atoms with van der Waals surface area (Å²) < 4.78 is 6.15. The smallest absolute Gasteiger partial charge is 0.121 e. The topological polar surface area (TPSA) is 29.5 Å². The van der Waals surface area contributed by atoms with E-state index in [9.17, 15) is 5.11 Å². The van der Waals surface area contributed by atoms with Crippen molar-refractivity contribution in [2.45, 2.75) is 57.7 Å². The number of phenols is 1.